The fourth-order valence-electron chi connectivity index (χ4n) is 24.6. The number of ether oxygens (including phenoxy) is 17. The molecule has 45 heteroatoms. The largest absolute Gasteiger partial charge is 0.479 e. The number of allylic oxidation sites excluding steroid dienone is 2. The third kappa shape index (κ3) is 21.4. The summed E-state index contributed by atoms with van der Waals surface area (Å²) >= 11 is 0. The molecule has 0 aromatic carbocycles. The highest BCUT2D eigenvalue weighted by atomic mass is 16.8. The van der Waals surface area contributed by atoms with E-state index in [1.54, 1.807) is 27.7 Å². The number of carboxylic acid groups (broad SMARTS) is 1. The van der Waals surface area contributed by atoms with Gasteiger partial charge in [0.15, 0.2) is 56.1 Å². The van der Waals surface area contributed by atoms with Crippen LogP contribution in [0.3, 0.4) is 0 Å². The Balaban J connectivity index is 0.748. The molecule has 0 radical (unpaired) electrons. The topological polar surface area (TPSA) is 708 Å². The van der Waals surface area contributed by atoms with Gasteiger partial charge in [0, 0.05) is 25.4 Å². The molecular weight excluding hydrogens is 1840 g/mol. The number of hydrogen-bond acceptors (Lipinski definition) is 44. The van der Waals surface area contributed by atoms with Crippen molar-refractivity contribution in [3.05, 3.63) is 11.6 Å². The lowest BCUT2D eigenvalue weighted by Crippen LogP contribution is -2.69. The highest BCUT2D eigenvalue weighted by molar-refractivity contribution is 5.80. The van der Waals surface area contributed by atoms with Gasteiger partial charge in [-0.05, 0) is 129 Å². The Kier molecular flexibility index (Phi) is 35.5. The number of aliphatic hydroxyl groups excluding tert-OH is 21. The van der Waals surface area contributed by atoms with Crippen LogP contribution in [-0.4, -0.2) is 432 Å². The predicted octanol–water partition coefficient (Wildman–Crippen LogP) is -5.02. The molecule has 23 N–H and O–H groups in total. The van der Waals surface area contributed by atoms with Gasteiger partial charge in [0.05, 0.1) is 106 Å². The fourth-order valence-corrected chi connectivity index (χ4v) is 24.6. The van der Waals surface area contributed by atoms with E-state index >= 15 is 4.79 Å². The molecule has 7 aliphatic heterocycles. The number of hydrogen-bond donors (Lipinski definition) is 23. The molecule has 0 spiro atoms. The van der Waals surface area contributed by atoms with Gasteiger partial charge >= 0.3 is 23.9 Å². The monoisotopic (exact) mass is 1990 g/mol. The summed E-state index contributed by atoms with van der Waals surface area (Å²) < 4.78 is 103. The standard InChI is InChI=1S/C93H150O45/c1-13-37(3)48(127-56(103)26-43(99)25-49(38(4)14-2)129-82-65(112)61(108)51(31-95)130-82)24-42(98)27-57(104)132-71-40(6)126-83(75(67(71)114)137-81-66(113)63(110)70(39(5)125-81)133-80-69(116)72(47(101)33-123-80)134-85-77(117)92(121,35-97)36-124-85)138-86(120)93-22-21-87(7,8)28-45(93)44-15-16-53-88(9)19-18-55(89(10,34-96)52(88)17-20-90(53,11)91(44,12)29-54(93)102)131-84-76(128-50-23-41(30-94)58(105)62(109)60(50)107)73(68(115)74(136-84)78(118)119)135-79-64(111)59(106)46(100)32-122-79/h15,34,37-43,45-55,58-77,79-85,94-95,97-102,105-117,121H,13-14,16-33,35-36H2,1-12H3,(H,118,119)/t37-,38-,39-,40+,41+,42-,43-,45?,46+,47+,48-,49-,50+,51-,52?,53?,54+,55-,58-,59-,60-,61-,62-,63-,64+,65+,66+,67-,68-,69+,70-,71-,72-,73-,74-,75+,76+,77-,79-,80-,81-,82+,83-,84+,85-,88-,89-,90+,91+,92+,93+/m0/s1. The molecule has 12 fully saturated rings. The minimum absolute atomic E-state index is 0.0196. The van der Waals surface area contributed by atoms with Crippen LogP contribution in [0.4, 0.5) is 0 Å². The van der Waals surface area contributed by atoms with Crippen molar-refractivity contribution < 1.29 is 222 Å². The zero-order chi connectivity index (χ0) is 101. The molecule has 5 saturated carbocycles. The van der Waals surface area contributed by atoms with Crippen molar-refractivity contribution in [2.45, 2.75) is 431 Å². The zero-order valence-corrected chi connectivity index (χ0v) is 80.0. The van der Waals surface area contributed by atoms with E-state index in [0.29, 0.717) is 51.4 Å². The highest BCUT2D eigenvalue weighted by Gasteiger charge is 2.74. The normalized spacial score (nSPS) is 48.7. The number of carbonyl (C=O) groups is 5. The number of carbonyl (C=O) groups excluding carboxylic acids is 4. The van der Waals surface area contributed by atoms with Gasteiger partial charge in [-0.15, -0.1) is 0 Å². The summed E-state index contributed by atoms with van der Waals surface area (Å²) in [6.45, 7) is 17.9. The Bertz CT molecular complexity index is 4100. The molecule has 0 aromatic heterocycles. The van der Waals surface area contributed by atoms with Crippen LogP contribution in [0.1, 0.15) is 186 Å². The van der Waals surface area contributed by atoms with Gasteiger partial charge < -0.3 is 203 Å². The molecule has 13 aliphatic rings. The van der Waals surface area contributed by atoms with Gasteiger partial charge in [-0.3, -0.25) is 14.4 Å². The van der Waals surface area contributed by atoms with Crippen molar-refractivity contribution in [2.75, 3.05) is 39.6 Å². The Labute approximate surface area is 799 Å². The summed E-state index contributed by atoms with van der Waals surface area (Å²) in [6.07, 6.45) is -63.4. The van der Waals surface area contributed by atoms with E-state index in [4.69, 9.17) is 80.5 Å². The SMILES string of the molecule is CC[C@H](C)[C@H](C[C@H](O)CC(=O)O[C@@H]1[C@H](O)[C@@H](O[C@@H]2O[C@@H](C)[C@H](O[C@@H]3OC[C@@H](O)[C@H](O[C@@H]4OC[C@](O)(CO)[C@H]4O)[C@H]3O)[C@@H](O)[C@H]2O)[C@H](OC(=O)[C@]23CCC(C)(C)CC2C2=CCC4[C@@]5(C)CC[C@H](O[C@@H]6O[C@H](C(=O)O)[C@@H](O)[C@H](O[C@@H]7OC[C@@H](O)[C@H](O)[C@H]7O)[C@H]6O[C@@H]6C[C@H](CO)[C@H](O)[C@H](O)[C@H]6O)[C@@](C)(C=O)C5CC[C@@]4(C)[C@]2(C)C[C@H]3O)O[C@@H]1C)OC(=O)C[C@@H](O)C[C@H](O[C@@H]1O[C@@H](CO)[C@H](O)[C@H]1O)[C@@H](C)CC. The van der Waals surface area contributed by atoms with Crippen molar-refractivity contribution in [2.24, 2.45) is 68.0 Å². The molecule has 3 unspecified atom stereocenters. The summed E-state index contributed by atoms with van der Waals surface area (Å²) in [7, 11) is 0. The first kappa shape index (κ1) is 111. The lowest BCUT2D eigenvalue weighted by atomic mass is 9.33. The second-order valence-electron chi connectivity index (χ2n) is 43.1. The van der Waals surface area contributed by atoms with Crippen LogP contribution in [-0.2, 0) is 104 Å². The Hall–Kier alpha value is -4.15. The molecule has 7 heterocycles. The van der Waals surface area contributed by atoms with E-state index in [9.17, 15) is 137 Å². The Morgan fingerprint density at radius 2 is 1.13 bits per heavy atom. The summed E-state index contributed by atoms with van der Waals surface area (Å²) in [5.74, 6) is -8.25. The number of rotatable bonds is 35. The molecular formula is C93H150O45. The molecule has 0 aromatic rings. The molecule has 6 aliphatic carbocycles. The molecule has 792 valence electrons. The molecule has 51 atom stereocenters. The average Bonchev–Trinajstić information content (AvgIpc) is 0.707. The zero-order valence-electron chi connectivity index (χ0n) is 80.0. The second kappa shape index (κ2) is 44.1. The minimum atomic E-state index is -2.21. The Morgan fingerprint density at radius 1 is 0.529 bits per heavy atom. The van der Waals surface area contributed by atoms with E-state index in [-0.39, 0.29) is 50.4 Å². The third-order valence-electron chi connectivity index (χ3n) is 33.8. The van der Waals surface area contributed by atoms with E-state index in [1.807, 2.05) is 20.8 Å². The number of esters is 3. The molecule has 138 heavy (non-hydrogen) atoms. The van der Waals surface area contributed by atoms with E-state index < -0.39 is 377 Å². The number of aldehydes is 1. The van der Waals surface area contributed by atoms with Crippen LogP contribution in [0.25, 0.3) is 0 Å². The molecule has 0 amide bonds. The van der Waals surface area contributed by atoms with Gasteiger partial charge in [0.1, 0.15) is 139 Å². The van der Waals surface area contributed by atoms with Crippen molar-refractivity contribution >= 4 is 30.2 Å². The van der Waals surface area contributed by atoms with E-state index in [0.717, 1.165) is 11.9 Å². The lowest BCUT2D eigenvalue weighted by molar-refractivity contribution is -0.376. The van der Waals surface area contributed by atoms with Gasteiger partial charge in [0.25, 0.3) is 0 Å². The molecule has 7 saturated heterocycles. The number of carboxylic acids is 1. The van der Waals surface area contributed by atoms with Crippen molar-refractivity contribution in [1.82, 2.24) is 0 Å². The first-order valence-electron chi connectivity index (χ1n) is 48.6. The minimum Gasteiger partial charge on any atom is -0.479 e. The third-order valence-corrected chi connectivity index (χ3v) is 33.8. The van der Waals surface area contributed by atoms with Crippen molar-refractivity contribution in [3.8, 4) is 0 Å². The first-order chi connectivity index (χ1) is 64.8. The number of aliphatic carboxylic acids is 1. The second-order valence-corrected chi connectivity index (χ2v) is 43.1. The van der Waals surface area contributed by atoms with Gasteiger partial charge in [-0.1, -0.05) is 93.7 Å². The van der Waals surface area contributed by atoms with Crippen LogP contribution in [0.15, 0.2) is 11.6 Å². The summed E-state index contributed by atoms with van der Waals surface area (Å²) in [5.41, 5.74) is -7.60. The van der Waals surface area contributed by atoms with E-state index in [2.05, 4.69) is 26.8 Å². The quantitative estimate of drug-likeness (QED) is 0.00929. The van der Waals surface area contributed by atoms with Gasteiger partial charge in [0.2, 0.25) is 6.29 Å². The molecule has 0 bridgehead atoms. The van der Waals surface area contributed by atoms with Crippen LogP contribution in [0, 0.1) is 68.0 Å². The van der Waals surface area contributed by atoms with Crippen LogP contribution in [0.2, 0.25) is 0 Å². The fraction of sp³-hybridized carbons (Fsp3) is 0.925. The summed E-state index contributed by atoms with van der Waals surface area (Å²) in [4.78, 5) is 72.1. The maximum Gasteiger partial charge on any atom is 0.335 e. The van der Waals surface area contributed by atoms with Crippen molar-refractivity contribution in [1.29, 1.82) is 0 Å². The van der Waals surface area contributed by atoms with E-state index in [1.165, 1.54) is 13.8 Å². The summed E-state index contributed by atoms with van der Waals surface area (Å²) in [5, 5.41) is 257. The molecule has 45 nitrogen and oxygen atoms in total. The first-order valence-corrected chi connectivity index (χ1v) is 48.6. The summed E-state index contributed by atoms with van der Waals surface area (Å²) in [6, 6.07) is 0. The maximum atomic E-state index is 16.4. The van der Waals surface area contributed by atoms with Crippen LogP contribution < -0.4 is 0 Å². The van der Waals surface area contributed by atoms with Crippen molar-refractivity contribution in [3.63, 3.8) is 0 Å². The molecule has 13 rings (SSSR count). The smallest absolute Gasteiger partial charge is 0.335 e. The Morgan fingerprint density at radius 3 is 1.76 bits per heavy atom. The lowest BCUT2D eigenvalue weighted by Gasteiger charge is -2.71. The van der Waals surface area contributed by atoms with Gasteiger partial charge in [-0.2, -0.15) is 0 Å². The highest BCUT2D eigenvalue weighted by Crippen LogP contribution is 2.76. The van der Waals surface area contributed by atoms with Crippen LogP contribution >= 0.6 is 0 Å². The number of fused-ring (bicyclic) bond motifs is 7. The number of aliphatic hydroxyl groups is 22. The van der Waals surface area contributed by atoms with Gasteiger partial charge in [-0.25, -0.2) is 4.79 Å². The maximum absolute atomic E-state index is 16.4. The van der Waals surface area contributed by atoms with Crippen LogP contribution in [0.5, 0.6) is 0 Å². The predicted molar refractivity (Wildman–Crippen MR) is 461 cm³/mol. The average molecular weight is 1990 g/mol.